The Balaban J connectivity index is 1.69. The molecule has 2 amide bonds. The van der Waals surface area contributed by atoms with E-state index in [-0.39, 0.29) is 29.1 Å². The van der Waals surface area contributed by atoms with Gasteiger partial charge in [-0.15, -0.1) is 0 Å². The second-order valence-corrected chi connectivity index (χ2v) is 9.81. The van der Waals surface area contributed by atoms with E-state index in [1.54, 1.807) is 9.80 Å². The lowest BCUT2D eigenvalue weighted by Gasteiger charge is -2.23. The highest BCUT2D eigenvalue weighted by Crippen LogP contribution is 2.36. The summed E-state index contributed by atoms with van der Waals surface area (Å²) in [6.07, 6.45) is 0.879. The fourth-order valence-corrected chi connectivity index (χ4v) is 6.17. The lowest BCUT2D eigenvalue weighted by Crippen LogP contribution is -2.37. The maximum atomic E-state index is 13.3. The zero-order chi connectivity index (χ0) is 20.1. The topological polar surface area (TPSA) is 57.7 Å². The van der Waals surface area contributed by atoms with Crippen molar-refractivity contribution < 1.29 is 17.6 Å². The van der Waals surface area contributed by atoms with Gasteiger partial charge >= 0.3 is 6.03 Å². The summed E-state index contributed by atoms with van der Waals surface area (Å²) in [5, 5.41) is 0.218. The molecule has 0 saturated carbocycles. The number of hydrogen-bond acceptors (Lipinski definition) is 3. The van der Waals surface area contributed by atoms with Gasteiger partial charge in [0.1, 0.15) is 5.82 Å². The fourth-order valence-electron chi connectivity index (χ4n) is 3.99. The average Bonchev–Trinajstić information content (AvgIpc) is 3.07. The first kappa shape index (κ1) is 19.2. The third-order valence-electron chi connectivity index (χ3n) is 5.46. The van der Waals surface area contributed by atoms with Gasteiger partial charge in [0.2, 0.25) is 0 Å². The lowest BCUT2D eigenvalue weighted by atomic mass is 10.1. The van der Waals surface area contributed by atoms with Gasteiger partial charge in [-0.05, 0) is 41.8 Å². The number of aryl methyl sites for hydroxylation is 1. The van der Waals surface area contributed by atoms with Crippen LogP contribution in [0, 0.1) is 5.82 Å². The third-order valence-corrected chi connectivity index (χ3v) is 7.51. The zero-order valence-electron chi connectivity index (χ0n) is 15.3. The number of hydrogen-bond donors (Lipinski definition) is 0. The maximum absolute atomic E-state index is 13.3. The van der Waals surface area contributed by atoms with E-state index in [9.17, 15) is 17.6 Å². The number of nitrogens with zero attached hydrogens (tertiary/aromatic N) is 2. The van der Waals surface area contributed by atoms with Gasteiger partial charge in [0.05, 0.1) is 23.6 Å². The third kappa shape index (κ3) is 3.37. The Morgan fingerprint density at radius 2 is 1.79 bits per heavy atom. The molecule has 0 unspecified atom stereocenters. The molecule has 2 heterocycles. The number of rotatable bonds is 4. The Morgan fingerprint density at radius 3 is 2.43 bits per heavy atom. The predicted molar refractivity (Wildman–Crippen MR) is 107 cm³/mol. The van der Waals surface area contributed by atoms with Gasteiger partial charge < -0.3 is 4.90 Å². The van der Waals surface area contributed by atoms with Crippen LogP contribution in [0.2, 0.25) is 5.02 Å². The van der Waals surface area contributed by atoms with Crippen LogP contribution in [-0.4, -0.2) is 42.9 Å². The molecule has 0 aromatic heterocycles. The number of amides is 2. The second-order valence-electron chi connectivity index (χ2n) is 7.25. The van der Waals surface area contributed by atoms with Crippen molar-refractivity contribution in [1.82, 2.24) is 4.90 Å². The molecule has 5 nitrogen and oxygen atoms in total. The fraction of sp³-hybridized carbons (Fsp3) is 0.350. The molecular weight excluding hydrogens is 403 g/mol. The van der Waals surface area contributed by atoms with E-state index in [4.69, 9.17) is 11.6 Å². The summed E-state index contributed by atoms with van der Waals surface area (Å²) in [4.78, 5) is 16.3. The maximum Gasteiger partial charge on any atom is 0.325 e. The first-order chi connectivity index (χ1) is 13.3. The van der Waals surface area contributed by atoms with Gasteiger partial charge in [-0.3, -0.25) is 4.90 Å². The van der Waals surface area contributed by atoms with Crippen molar-refractivity contribution in [3.8, 4) is 0 Å². The van der Waals surface area contributed by atoms with Crippen LogP contribution < -0.4 is 4.90 Å². The number of fused-ring (bicyclic) bond motifs is 1. The highest BCUT2D eigenvalue weighted by molar-refractivity contribution is 7.91. The second kappa shape index (κ2) is 7.04. The molecule has 2 aliphatic rings. The number of anilines is 1. The molecule has 2 aromatic carbocycles. The minimum Gasteiger partial charge on any atom is -0.314 e. The van der Waals surface area contributed by atoms with Gasteiger partial charge in [-0.25, -0.2) is 17.6 Å². The van der Waals surface area contributed by atoms with Crippen molar-refractivity contribution in [3.05, 3.63) is 64.4 Å². The minimum atomic E-state index is -3.25. The number of halogens is 2. The molecule has 0 bridgehead atoms. The van der Waals surface area contributed by atoms with Crippen molar-refractivity contribution in [2.45, 2.75) is 32.0 Å². The van der Waals surface area contributed by atoms with Crippen molar-refractivity contribution >= 4 is 33.2 Å². The summed E-state index contributed by atoms with van der Waals surface area (Å²) in [5.41, 5.74) is 2.41. The monoisotopic (exact) mass is 422 g/mol. The van der Waals surface area contributed by atoms with E-state index in [2.05, 4.69) is 0 Å². The van der Waals surface area contributed by atoms with Crippen molar-refractivity contribution in [1.29, 1.82) is 0 Å². The van der Waals surface area contributed by atoms with Crippen LogP contribution in [0.15, 0.2) is 42.5 Å². The molecule has 0 aliphatic carbocycles. The molecule has 2 fully saturated rings. The predicted octanol–water partition coefficient (Wildman–Crippen LogP) is 3.65. The quantitative estimate of drug-likeness (QED) is 0.707. The molecule has 2 aliphatic heterocycles. The Morgan fingerprint density at radius 1 is 1.11 bits per heavy atom. The van der Waals surface area contributed by atoms with Gasteiger partial charge in [0, 0.05) is 17.3 Å². The average molecular weight is 423 g/mol. The van der Waals surface area contributed by atoms with Crippen LogP contribution in [0.5, 0.6) is 0 Å². The van der Waals surface area contributed by atoms with E-state index in [1.165, 1.54) is 18.2 Å². The summed E-state index contributed by atoms with van der Waals surface area (Å²) in [7, 11) is -3.25. The molecule has 2 atom stereocenters. The van der Waals surface area contributed by atoms with E-state index in [0.717, 1.165) is 12.0 Å². The van der Waals surface area contributed by atoms with Gasteiger partial charge in [0.25, 0.3) is 0 Å². The normalized spacial score (nSPS) is 23.3. The van der Waals surface area contributed by atoms with Crippen LogP contribution in [0.25, 0.3) is 0 Å². The van der Waals surface area contributed by atoms with Gasteiger partial charge in [-0.1, -0.05) is 36.7 Å². The van der Waals surface area contributed by atoms with E-state index in [1.807, 2.05) is 31.2 Å². The van der Waals surface area contributed by atoms with E-state index >= 15 is 0 Å². The van der Waals surface area contributed by atoms with Gasteiger partial charge in [0.15, 0.2) is 9.84 Å². The largest absolute Gasteiger partial charge is 0.325 e. The molecule has 0 radical (unpaired) electrons. The standard InChI is InChI=1S/C20H20ClFN2O3S/c1-2-13-3-7-16(8-4-13)24-19-12-28(26,27)11-18(19)23(20(24)25)10-14-5-6-15(22)9-17(14)21/h3-9,18-19H,2,10-12H2,1H3/t18-,19-/m0/s1. The molecule has 28 heavy (non-hydrogen) atoms. The highest BCUT2D eigenvalue weighted by atomic mass is 35.5. The minimum absolute atomic E-state index is 0.0629. The number of carbonyl (C=O) groups is 1. The van der Waals surface area contributed by atoms with Crippen LogP contribution in [0.4, 0.5) is 14.9 Å². The van der Waals surface area contributed by atoms with E-state index in [0.29, 0.717) is 11.3 Å². The molecule has 4 rings (SSSR count). The Kier molecular flexibility index (Phi) is 4.83. The smallest absolute Gasteiger partial charge is 0.314 e. The molecule has 8 heteroatoms. The number of benzene rings is 2. The van der Waals surface area contributed by atoms with E-state index < -0.39 is 27.7 Å². The molecule has 2 saturated heterocycles. The van der Waals surface area contributed by atoms with Crippen LogP contribution >= 0.6 is 11.6 Å². The summed E-state index contributed by atoms with van der Waals surface area (Å²) in [6, 6.07) is 10.5. The highest BCUT2D eigenvalue weighted by Gasteiger charge is 2.53. The lowest BCUT2D eigenvalue weighted by molar-refractivity contribution is 0.206. The Labute approximate surface area is 168 Å². The first-order valence-corrected chi connectivity index (χ1v) is 11.3. The van der Waals surface area contributed by atoms with Crippen LogP contribution in [-0.2, 0) is 22.8 Å². The molecule has 2 aromatic rings. The summed E-state index contributed by atoms with van der Waals surface area (Å²) in [5.74, 6) is -0.598. The van der Waals surface area contributed by atoms with Crippen LogP contribution in [0.3, 0.4) is 0 Å². The molecule has 0 spiro atoms. The molecule has 0 N–H and O–H groups in total. The Bertz CT molecular complexity index is 1030. The molecular formula is C20H20ClFN2O3S. The van der Waals surface area contributed by atoms with Gasteiger partial charge in [-0.2, -0.15) is 0 Å². The summed E-state index contributed by atoms with van der Waals surface area (Å²) >= 11 is 6.13. The number of carbonyl (C=O) groups excluding carboxylic acids is 1. The summed E-state index contributed by atoms with van der Waals surface area (Å²) < 4.78 is 37.9. The first-order valence-electron chi connectivity index (χ1n) is 9.12. The zero-order valence-corrected chi connectivity index (χ0v) is 16.9. The van der Waals surface area contributed by atoms with Crippen molar-refractivity contribution in [2.24, 2.45) is 0 Å². The molecule has 148 valence electrons. The van der Waals surface area contributed by atoms with Crippen LogP contribution in [0.1, 0.15) is 18.1 Å². The van der Waals surface area contributed by atoms with Crippen molar-refractivity contribution in [3.63, 3.8) is 0 Å². The summed E-state index contributed by atoms with van der Waals surface area (Å²) in [6.45, 7) is 2.18. The van der Waals surface area contributed by atoms with Crippen molar-refractivity contribution in [2.75, 3.05) is 16.4 Å². The Hall–Kier alpha value is -2.12. The number of urea groups is 1. The number of sulfone groups is 1. The SMILES string of the molecule is CCc1ccc(N2C(=O)N(Cc3ccc(F)cc3Cl)[C@H]3CS(=O)(=O)C[C@@H]32)cc1.